The molecular formula is C25H19BrClN3O4S. The topological polar surface area (TPSA) is 80.2 Å². The molecular weight excluding hydrogens is 554 g/mol. The van der Waals surface area contributed by atoms with Gasteiger partial charge in [-0.2, -0.15) is 0 Å². The predicted molar refractivity (Wildman–Crippen MR) is 140 cm³/mol. The quantitative estimate of drug-likeness (QED) is 0.406. The number of hydrogen-bond acceptors (Lipinski definition) is 6. The highest BCUT2D eigenvalue weighted by molar-refractivity contribution is 9.10. The van der Waals surface area contributed by atoms with E-state index in [0.717, 1.165) is 10.0 Å². The highest BCUT2D eigenvalue weighted by Crippen LogP contribution is 2.35. The molecule has 1 fully saturated rings. The molecule has 35 heavy (non-hydrogen) atoms. The number of rotatable bonds is 5. The third-order valence-corrected chi connectivity index (χ3v) is 7.29. The normalized spacial score (nSPS) is 18.1. The minimum Gasteiger partial charge on any atom is -0.454 e. The smallest absolute Gasteiger partial charge is 0.238 e. The van der Waals surface area contributed by atoms with Crippen molar-refractivity contribution in [1.82, 2.24) is 4.90 Å². The SMILES string of the molecule is O=C(Nc1cccc(Br)c1)C1CC(=O)N(Cc2ccc3c(c2)OCO3)C(=Nc2ccc(Cl)cc2)S1. The Morgan fingerprint density at radius 2 is 1.91 bits per heavy atom. The summed E-state index contributed by atoms with van der Waals surface area (Å²) in [4.78, 5) is 32.6. The zero-order chi connectivity index (χ0) is 24.4. The van der Waals surface area contributed by atoms with E-state index in [-0.39, 0.29) is 31.6 Å². The second kappa shape index (κ2) is 10.3. The van der Waals surface area contributed by atoms with Crippen LogP contribution in [0.1, 0.15) is 12.0 Å². The molecule has 2 aliphatic heterocycles. The Labute approximate surface area is 219 Å². The van der Waals surface area contributed by atoms with Crippen LogP contribution in [0.4, 0.5) is 11.4 Å². The molecule has 0 bridgehead atoms. The van der Waals surface area contributed by atoms with Gasteiger partial charge in [0.2, 0.25) is 18.6 Å². The second-order valence-electron chi connectivity index (χ2n) is 7.85. The van der Waals surface area contributed by atoms with Gasteiger partial charge in [-0.05, 0) is 60.2 Å². The lowest BCUT2D eigenvalue weighted by atomic mass is 10.1. The number of carbonyl (C=O) groups excluding carboxylic acids is 2. The maximum Gasteiger partial charge on any atom is 0.238 e. The average molecular weight is 573 g/mol. The van der Waals surface area contributed by atoms with Crippen LogP contribution in [-0.2, 0) is 16.1 Å². The molecule has 2 aliphatic rings. The molecule has 2 heterocycles. The summed E-state index contributed by atoms with van der Waals surface area (Å²) in [6.07, 6.45) is 0.0503. The molecule has 0 aromatic heterocycles. The van der Waals surface area contributed by atoms with E-state index in [1.807, 2.05) is 36.4 Å². The number of benzene rings is 3. The third-order valence-electron chi connectivity index (χ3n) is 5.35. The van der Waals surface area contributed by atoms with Gasteiger partial charge < -0.3 is 14.8 Å². The summed E-state index contributed by atoms with van der Waals surface area (Å²) >= 11 is 10.7. The fourth-order valence-corrected chi connectivity index (χ4v) is 5.26. The molecule has 1 saturated heterocycles. The zero-order valence-corrected chi connectivity index (χ0v) is 21.4. The number of carbonyl (C=O) groups is 2. The lowest BCUT2D eigenvalue weighted by molar-refractivity contribution is -0.129. The number of amidine groups is 1. The van der Waals surface area contributed by atoms with Crippen molar-refractivity contribution >= 4 is 67.6 Å². The summed E-state index contributed by atoms with van der Waals surface area (Å²) in [5, 5.41) is 3.30. The molecule has 2 amide bonds. The van der Waals surface area contributed by atoms with Gasteiger partial charge in [-0.1, -0.05) is 51.4 Å². The Morgan fingerprint density at radius 3 is 2.71 bits per heavy atom. The minimum absolute atomic E-state index is 0.0503. The van der Waals surface area contributed by atoms with Crippen molar-refractivity contribution in [3.8, 4) is 11.5 Å². The summed E-state index contributed by atoms with van der Waals surface area (Å²) in [5.41, 5.74) is 2.15. The Kier molecular flexibility index (Phi) is 6.99. The molecule has 5 rings (SSSR count). The number of amides is 2. The van der Waals surface area contributed by atoms with Crippen molar-refractivity contribution in [3.63, 3.8) is 0 Å². The molecule has 10 heteroatoms. The van der Waals surface area contributed by atoms with Crippen molar-refractivity contribution in [2.24, 2.45) is 4.99 Å². The van der Waals surface area contributed by atoms with Gasteiger partial charge in [-0.25, -0.2) is 4.99 Å². The lowest BCUT2D eigenvalue weighted by Crippen LogP contribution is -2.44. The molecule has 0 radical (unpaired) electrons. The molecule has 1 atom stereocenters. The first-order valence-corrected chi connectivity index (χ1v) is 12.8. The van der Waals surface area contributed by atoms with Gasteiger partial charge in [0.1, 0.15) is 5.25 Å². The fraction of sp³-hybridized carbons (Fsp3) is 0.160. The summed E-state index contributed by atoms with van der Waals surface area (Å²) < 4.78 is 11.7. The van der Waals surface area contributed by atoms with Gasteiger partial charge >= 0.3 is 0 Å². The van der Waals surface area contributed by atoms with Crippen molar-refractivity contribution in [2.75, 3.05) is 12.1 Å². The first kappa shape index (κ1) is 23.7. The van der Waals surface area contributed by atoms with Crippen LogP contribution in [0.3, 0.4) is 0 Å². The van der Waals surface area contributed by atoms with Crippen molar-refractivity contribution in [2.45, 2.75) is 18.2 Å². The number of fused-ring (bicyclic) bond motifs is 1. The van der Waals surface area contributed by atoms with E-state index in [1.54, 1.807) is 35.2 Å². The average Bonchev–Trinajstić information content (AvgIpc) is 3.30. The van der Waals surface area contributed by atoms with Gasteiger partial charge in [0, 0.05) is 21.6 Å². The van der Waals surface area contributed by atoms with E-state index in [2.05, 4.69) is 21.2 Å². The van der Waals surface area contributed by atoms with E-state index in [0.29, 0.717) is 33.1 Å². The standard InChI is InChI=1S/C25H19BrClN3O4S/c26-16-2-1-3-19(11-16)28-24(32)22-12-23(31)30(13-15-4-9-20-21(10-15)34-14-33-20)25(35-22)29-18-7-5-17(27)6-8-18/h1-11,22H,12-14H2,(H,28,32). The van der Waals surface area contributed by atoms with Crippen molar-refractivity contribution < 1.29 is 19.1 Å². The van der Waals surface area contributed by atoms with E-state index in [4.69, 9.17) is 26.1 Å². The molecule has 1 N–H and O–H groups in total. The molecule has 3 aromatic carbocycles. The van der Waals surface area contributed by atoms with Crippen molar-refractivity contribution in [3.05, 3.63) is 81.8 Å². The fourth-order valence-electron chi connectivity index (χ4n) is 3.63. The van der Waals surface area contributed by atoms with Crippen LogP contribution in [0.15, 0.2) is 76.2 Å². The number of halogens is 2. The van der Waals surface area contributed by atoms with Crippen LogP contribution in [0.5, 0.6) is 11.5 Å². The number of aliphatic imine (C=N–C) groups is 1. The van der Waals surface area contributed by atoms with Crippen LogP contribution in [0, 0.1) is 0 Å². The minimum atomic E-state index is -0.625. The number of hydrogen-bond donors (Lipinski definition) is 1. The number of nitrogens with one attached hydrogen (secondary N) is 1. The van der Waals surface area contributed by atoms with E-state index in [1.165, 1.54) is 11.8 Å². The van der Waals surface area contributed by atoms with Crippen LogP contribution in [0.2, 0.25) is 5.02 Å². The van der Waals surface area contributed by atoms with Gasteiger partial charge in [-0.15, -0.1) is 0 Å². The highest BCUT2D eigenvalue weighted by Gasteiger charge is 2.36. The van der Waals surface area contributed by atoms with Crippen molar-refractivity contribution in [1.29, 1.82) is 0 Å². The molecule has 1 unspecified atom stereocenters. The summed E-state index contributed by atoms with van der Waals surface area (Å²) in [6.45, 7) is 0.463. The van der Waals surface area contributed by atoms with Gasteiger partial charge in [-0.3, -0.25) is 14.5 Å². The summed E-state index contributed by atoms with van der Waals surface area (Å²) in [7, 11) is 0. The Balaban J connectivity index is 1.41. The first-order chi connectivity index (χ1) is 16.9. The third kappa shape index (κ3) is 5.63. The maximum absolute atomic E-state index is 13.3. The molecule has 7 nitrogen and oxygen atoms in total. The van der Waals surface area contributed by atoms with E-state index < -0.39 is 5.25 Å². The lowest BCUT2D eigenvalue weighted by Gasteiger charge is -2.32. The summed E-state index contributed by atoms with van der Waals surface area (Å²) in [5.74, 6) is 0.867. The maximum atomic E-state index is 13.3. The van der Waals surface area contributed by atoms with Gasteiger partial charge in [0.25, 0.3) is 0 Å². The Bertz CT molecular complexity index is 1320. The number of ether oxygens (including phenoxy) is 2. The Morgan fingerprint density at radius 1 is 1.11 bits per heavy atom. The van der Waals surface area contributed by atoms with Gasteiger partial charge in [0.05, 0.1) is 12.2 Å². The highest BCUT2D eigenvalue weighted by atomic mass is 79.9. The van der Waals surface area contributed by atoms with E-state index in [9.17, 15) is 9.59 Å². The second-order valence-corrected chi connectivity index (χ2v) is 10.4. The largest absolute Gasteiger partial charge is 0.454 e. The number of thioether (sulfide) groups is 1. The van der Waals surface area contributed by atoms with Crippen LogP contribution < -0.4 is 14.8 Å². The molecule has 0 spiro atoms. The van der Waals surface area contributed by atoms with Crippen LogP contribution >= 0.6 is 39.3 Å². The van der Waals surface area contributed by atoms with Crippen LogP contribution in [-0.4, -0.2) is 33.9 Å². The number of anilines is 1. The predicted octanol–water partition coefficient (Wildman–Crippen LogP) is 5.99. The van der Waals surface area contributed by atoms with Crippen LogP contribution in [0.25, 0.3) is 0 Å². The first-order valence-electron chi connectivity index (χ1n) is 10.7. The number of nitrogens with zero attached hydrogens (tertiary/aromatic N) is 2. The zero-order valence-electron chi connectivity index (χ0n) is 18.2. The summed E-state index contributed by atoms with van der Waals surface area (Å²) in [6, 6.07) is 19.9. The Hall–Kier alpha value is -3.01. The van der Waals surface area contributed by atoms with E-state index >= 15 is 0 Å². The molecule has 178 valence electrons. The molecule has 3 aromatic rings. The monoisotopic (exact) mass is 571 g/mol. The molecule has 0 aliphatic carbocycles. The van der Waals surface area contributed by atoms with Gasteiger partial charge in [0.15, 0.2) is 16.7 Å². The molecule has 0 saturated carbocycles.